The normalized spacial score (nSPS) is 20.9. The molecule has 18 heavy (non-hydrogen) atoms. The summed E-state index contributed by atoms with van der Waals surface area (Å²) < 4.78 is 5.00. The minimum atomic E-state index is -0.218. The highest BCUT2D eigenvalue weighted by Gasteiger charge is 2.23. The van der Waals surface area contributed by atoms with Crippen LogP contribution in [0.2, 0.25) is 0 Å². The van der Waals surface area contributed by atoms with E-state index in [9.17, 15) is 4.79 Å². The van der Waals surface area contributed by atoms with Crippen molar-refractivity contribution >= 4 is 11.9 Å². The molecular formula is C12H24N4O2. The zero-order valence-electron chi connectivity index (χ0n) is 11.3. The number of likely N-dealkylation sites (tertiary alicyclic amines) is 1. The SMILES string of the molecule is CN=C(NCCOC)N1CCCC(CC(N)=O)C1. The molecule has 1 saturated heterocycles. The minimum absolute atomic E-state index is 0.218. The van der Waals surface area contributed by atoms with Crippen molar-refractivity contribution in [2.45, 2.75) is 19.3 Å². The number of amides is 1. The maximum absolute atomic E-state index is 11.0. The molecule has 1 unspecified atom stereocenters. The lowest BCUT2D eigenvalue weighted by Crippen LogP contribution is -2.47. The van der Waals surface area contributed by atoms with E-state index in [4.69, 9.17) is 10.5 Å². The summed E-state index contributed by atoms with van der Waals surface area (Å²) in [5, 5.41) is 3.25. The van der Waals surface area contributed by atoms with Gasteiger partial charge in [0.25, 0.3) is 0 Å². The molecule has 0 spiro atoms. The molecule has 1 rings (SSSR count). The van der Waals surface area contributed by atoms with Gasteiger partial charge in [0.2, 0.25) is 5.91 Å². The molecule has 3 N–H and O–H groups in total. The van der Waals surface area contributed by atoms with Crippen molar-refractivity contribution in [3.05, 3.63) is 0 Å². The molecule has 1 heterocycles. The number of hydrogen-bond donors (Lipinski definition) is 2. The van der Waals surface area contributed by atoms with Crippen LogP contribution < -0.4 is 11.1 Å². The van der Waals surface area contributed by atoms with E-state index in [2.05, 4.69) is 15.2 Å². The first-order valence-electron chi connectivity index (χ1n) is 6.40. The zero-order chi connectivity index (χ0) is 13.4. The Labute approximate surface area is 109 Å². The highest BCUT2D eigenvalue weighted by molar-refractivity contribution is 5.80. The Balaban J connectivity index is 2.45. The van der Waals surface area contributed by atoms with Gasteiger partial charge < -0.3 is 20.7 Å². The first kappa shape index (κ1) is 14.8. The van der Waals surface area contributed by atoms with Gasteiger partial charge in [0.15, 0.2) is 5.96 Å². The van der Waals surface area contributed by atoms with Gasteiger partial charge in [0, 0.05) is 40.2 Å². The Hall–Kier alpha value is -1.30. The number of piperidine rings is 1. The van der Waals surface area contributed by atoms with Crippen LogP contribution in [0.15, 0.2) is 4.99 Å². The van der Waals surface area contributed by atoms with Crippen molar-refractivity contribution in [1.82, 2.24) is 10.2 Å². The van der Waals surface area contributed by atoms with Gasteiger partial charge in [-0.25, -0.2) is 0 Å². The second kappa shape index (κ2) is 7.92. The number of rotatable bonds is 5. The number of nitrogens with one attached hydrogen (secondary N) is 1. The lowest BCUT2D eigenvalue weighted by Gasteiger charge is -2.34. The Morgan fingerprint density at radius 3 is 3.00 bits per heavy atom. The van der Waals surface area contributed by atoms with Crippen LogP contribution in [0.3, 0.4) is 0 Å². The van der Waals surface area contributed by atoms with Gasteiger partial charge in [-0.05, 0) is 18.8 Å². The van der Waals surface area contributed by atoms with Crippen molar-refractivity contribution < 1.29 is 9.53 Å². The number of methoxy groups -OCH3 is 1. The fourth-order valence-electron chi connectivity index (χ4n) is 2.31. The number of carbonyl (C=O) groups excluding carboxylic acids is 1. The van der Waals surface area contributed by atoms with E-state index in [0.29, 0.717) is 18.9 Å². The minimum Gasteiger partial charge on any atom is -0.383 e. The van der Waals surface area contributed by atoms with Gasteiger partial charge in [0.05, 0.1) is 6.61 Å². The lowest BCUT2D eigenvalue weighted by molar-refractivity contribution is -0.119. The predicted molar refractivity (Wildman–Crippen MR) is 71.3 cm³/mol. The van der Waals surface area contributed by atoms with Crippen LogP contribution in [0.25, 0.3) is 0 Å². The van der Waals surface area contributed by atoms with Gasteiger partial charge >= 0.3 is 0 Å². The van der Waals surface area contributed by atoms with Crippen LogP contribution in [-0.4, -0.2) is 57.2 Å². The van der Waals surface area contributed by atoms with Crippen LogP contribution in [0.1, 0.15) is 19.3 Å². The molecule has 1 amide bonds. The number of guanidine groups is 1. The van der Waals surface area contributed by atoms with Crippen molar-refractivity contribution in [3.8, 4) is 0 Å². The molecule has 6 nitrogen and oxygen atoms in total. The summed E-state index contributed by atoms with van der Waals surface area (Å²) in [6.45, 7) is 3.20. The average Bonchev–Trinajstić information content (AvgIpc) is 2.34. The third-order valence-electron chi connectivity index (χ3n) is 3.11. The summed E-state index contributed by atoms with van der Waals surface area (Å²) in [6, 6.07) is 0. The molecule has 0 aromatic carbocycles. The summed E-state index contributed by atoms with van der Waals surface area (Å²) in [7, 11) is 3.45. The van der Waals surface area contributed by atoms with E-state index in [1.165, 1.54) is 0 Å². The van der Waals surface area contributed by atoms with E-state index < -0.39 is 0 Å². The van der Waals surface area contributed by atoms with Gasteiger partial charge in [-0.3, -0.25) is 9.79 Å². The third-order valence-corrected chi connectivity index (χ3v) is 3.11. The highest BCUT2D eigenvalue weighted by Crippen LogP contribution is 2.19. The standard InChI is InChI=1S/C12H24N4O2/c1-14-12(15-5-7-18-2)16-6-3-4-10(9-16)8-11(13)17/h10H,3-9H2,1-2H3,(H2,13,17)(H,14,15). The number of aliphatic imine (C=N–C) groups is 1. The second-order valence-electron chi connectivity index (χ2n) is 4.59. The molecule has 0 radical (unpaired) electrons. The zero-order valence-corrected chi connectivity index (χ0v) is 11.3. The molecule has 0 saturated carbocycles. The van der Waals surface area contributed by atoms with E-state index >= 15 is 0 Å². The Morgan fingerprint density at radius 1 is 1.61 bits per heavy atom. The quantitative estimate of drug-likeness (QED) is 0.405. The number of nitrogens with zero attached hydrogens (tertiary/aromatic N) is 2. The smallest absolute Gasteiger partial charge is 0.217 e. The number of ether oxygens (including phenoxy) is 1. The van der Waals surface area contributed by atoms with Gasteiger partial charge in [-0.2, -0.15) is 0 Å². The number of primary amides is 1. The molecule has 0 aromatic rings. The summed E-state index contributed by atoms with van der Waals surface area (Å²) in [5.74, 6) is 1.00. The molecule has 1 fully saturated rings. The largest absolute Gasteiger partial charge is 0.383 e. The molecule has 1 aliphatic heterocycles. The molecule has 0 bridgehead atoms. The Bertz CT molecular complexity index is 294. The molecule has 0 aromatic heterocycles. The summed E-state index contributed by atoms with van der Waals surface area (Å²) in [5.41, 5.74) is 5.26. The predicted octanol–water partition coefficient (Wildman–Crippen LogP) is -0.204. The van der Waals surface area contributed by atoms with Gasteiger partial charge in [-0.15, -0.1) is 0 Å². The molecular weight excluding hydrogens is 232 g/mol. The topological polar surface area (TPSA) is 80.0 Å². The molecule has 1 aliphatic rings. The molecule has 104 valence electrons. The van der Waals surface area contributed by atoms with Crippen molar-refractivity contribution in [2.75, 3.05) is 40.4 Å². The second-order valence-corrected chi connectivity index (χ2v) is 4.59. The van der Waals surface area contributed by atoms with Crippen LogP contribution >= 0.6 is 0 Å². The summed E-state index contributed by atoms with van der Waals surface area (Å²) in [6.07, 6.45) is 2.60. The first-order chi connectivity index (χ1) is 8.67. The molecule has 0 aliphatic carbocycles. The number of hydrogen-bond acceptors (Lipinski definition) is 3. The maximum atomic E-state index is 11.0. The number of carbonyl (C=O) groups is 1. The average molecular weight is 256 g/mol. The van der Waals surface area contributed by atoms with E-state index in [0.717, 1.165) is 38.4 Å². The molecule has 1 atom stereocenters. The van der Waals surface area contributed by atoms with Crippen molar-refractivity contribution in [3.63, 3.8) is 0 Å². The van der Waals surface area contributed by atoms with Crippen LogP contribution in [0.4, 0.5) is 0 Å². The third kappa shape index (κ3) is 4.91. The fraction of sp³-hybridized carbons (Fsp3) is 0.833. The number of nitrogens with two attached hydrogens (primary N) is 1. The summed E-state index contributed by atoms with van der Waals surface area (Å²) >= 11 is 0. The Morgan fingerprint density at radius 2 is 2.39 bits per heavy atom. The molecule has 6 heteroatoms. The van der Waals surface area contributed by atoms with Crippen LogP contribution in [0, 0.1) is 5.92 Å². The van der Waals surface area contributed by atoms with Crippen LogP contribution in [-0.2, 0) is 9.53 Å². The van der Waals surface area contributed by atoms with Crippen molar-refractivity contribution in [1.29, 1.82) is 0 Å². The van der Waals surface area contributed by atoms with E-state index in [1.54, 1.807) is 14.2 Å². The highest BCUT2D eigenvalue weighted by atomic mass is 16.5. The Kier molecular flexibility index (Phi) is 6.49. The summed E-state index contributed by atoms with van der Waals surface area (Å²) in [4.78, 5) is 17.4. The monoisotopic (exact) mass is 256 g/mol. The maximum Gasteiger partial charge on any atom is 0.217 e. The van der Waals surface area contributed by atoms with Gasteiger partial charge in [0.1, 0.15) is 0 Å². The first-order valence-corrected chi connectivity index (χ1v) is 6.40. The van der Waals surface area contributed by atoms with Crippen LogP contribution in [0.5, 0.6) is 0 Å². The van der Waals surface area contributed by atoms with Gasteiger partial charge in [-0.1, -0.05) is 0 Å². The fourth-order valence-corrected chi connectivity index (χ4v) is 2.31. The van der Waals surface area contributed by atoms with E-state index in [-0.39, 0.29) is 5.91 Å². The van der Waals surface area contributed by atoms with Crippen molar-refractivity contribution in [2.24, 2.45) is 16.6 Å². The van der Waals surface area contributed by atoms with E-state index in [1.807, 2.05) is 0 Å². The lowest BCUT2D eigenvalue weighted by atomic mass is 9.95.